The number of benzene rings is 2. The lowest BCUT2D eigenvalue weighted by atomic mass is 10.1. The van der Waals surface area contributed by atoms with Gasteiger partial charge in [-0.1, -0.05) is 18.2 Å². The van der Waals surface area contributed by atoms with Gasteiger partial charge in [0, 0.05) is 36.3 Å². The molecule has 0 unspecified atom stereocenters. The van der Waals surface area contributed by atoms with Crippen LogP contribution in [0, 0.1) is 5.82 Å². The summed E-state index contributed by atoms with van der Waals surface area (Å²) in [5.41, 5.74) is 3.36. The fraction of sp³-hybridized carbons (Fsp3) is 0.0476. The number of hydrogen-bond donors (Lipinski definition) is 1. The minimum Gasteiger partial charge on any atom is -0.346 e. The summed E-state index contributed by atoms with van der Waals surface area (Å²) in [7, 11) is 0. The zero-order chi connectivity index (χ0) is 19.3. The quantitative estimate of drug-likeness (QED) is 0.582. The maximum absolute atomic E-state index is 13.3. The predicted molar refractivity (Wildman–Crippen MR) is 102 cm³/mol. The van der Waals surface area contributed by atoms with Crippen LogP contribution >= 0.6 is 0 Å². The van der Waals surface area contributed by atoms with Crippen LogP contribution in [-0.4, -0.2) is 25.7 Å². The van der Waals surface area contributed by atoms with Gasteiger partial charge in [0.25, 0.3) is 5.91 Å². The molecule has 7 heteroatoms. The van der Waals surface area contributed by atoms with Crippen molar-refractivity contribution in [3.63, 3.8) is 0 Å². The standard InChI is InChI=1S/C21H16FN5O/c22-17-8-6-15(7-9-17)20-16(12-25-21(28)19-13-23-10-11-24-19)14-27(26-20)18-4-2-1-3-5-18/h1-11,13-14H,12H2,(H,25,28). The molecule has 4 rings (SSSR count). The Hall–Kier alpha value is -3.87. The third kappa shape index (κ3) is 3.78. The summed E-state index contributed by atoms with van der Waals surface area (Å²) in [6.45, 7) is 0.245. The molecule has 0 saturated heterocycles. The van der Waals surface area contributed by atoms with Crippen LogP contribution in [0.25, 0.3) is 16.9 Å². The Morgan fingerprint density at radius 3 is 2.54 bits per heavy atom. The highest BCUT2D eigenvalue weighted by Crippen LogP contribution is 2.24. The van der Waals surface area contributed by atoms with Crippen molar-refractivity contribution < 1.29 is 9.18 Å². The molecule has 0 bridgehead atoms. The average Bonchev–Trinajstić information content (AvgIpc) is 3.18. The number of halogens is 1. The number of aromatic nitrogens is 4. The van der Waals surface area contributed by atoms with Crippen molar-refractivity contribution in [3.8, 4) is 16.9 Å². The smallest absolute Gasteiger partial charge is 0.271 e. The van der Waals surface area contributed by atoms with Gasteiger partial charge in [-0.25, -0.2) is 14.1 Å². The molecule has 1 amide bonds. The number of nitrogens with zero attached hydrogens (tertiary/aromatic N) is 4. The monoisotopic (exact) mass is 373 g/mol. The van der Waals surface area contributed by atoms with E-state index in [1.54, 1.807) is 16.8 Å². The van der Waals surface area contributed by atoms with E-state index in [1.165, 1.54) is 30.7 Å². The molecule has 0 saturated carbocycles. The topological polar surface area (TPSA) is 72.7 Å². The molecule has 0 aliphatic heterocycles. The lowest BCUT2D eigenvalue weighted by Gasteiger charge is -2.05. The van der Waals surface area contributed by atoms with Gasteiger partial charge < -0.3 is 5.32 Å². The SMILES string of the molecule is O=C(NCc1cn(-c2ccccc2)nc1-c1ccc(F)cc1)c1cnccn1. The van der Waals surface area contributed by atoms with Gasteiger partial charge in [0.1, 0.15) is 11.5 Å². The Labute approximate surface area is 160 Å². The van der Waals surface area contributed by atoms with Crippen molar-refractivity contribution >= 4 is 5.91 Å². The first-order chi connectivity index (χ1) is 13.7. The lowest BCUT2D eigenvalue weighted by molar-refractivity contribution is 0.0945. The number of carbonyl (C=O) groups excluding carboxylic acids is 1. The molecule has 0 aliphatic rings. The Morgan fingerprint density at radius 1 is 1.04 bits per heavy atom. The summed E-state index contributed by atoms with van der Waals surface area (Å²) in [5, 5.41) is 7.48. The van der Waals surface area contributed by atoms with E-state index in [2.05, 4.69) is 20.4 Å². The van der Waals surface area contributed by atoms with Crippen molar-refractivity contribution in [2.24, 2.45) is 0 Å². The van der Waals surface area contributed by atoms with Crippen LogP contribution in [0.5, 0.6) is 0 Å². The third-order valence-corrected chi connectivity index (χ3v) is 4.16. The molecule has 6 nitrogen and oxygen atoms in total. The summed E-state index contributed by atoms with van der Waals surface area (Å²) < 4.78 is 15.1. The molecule has 0 fully saturated rings. The predicted octanol–water partition coefficient (Wildman–Crippen LogP) is 3.40. The van der Waals surface area contributed by atoms with Gasteiger partial charge in [-0.2, -0.15) is 5.10 Å². The van der Waals surface area contributed by atoms with Crippen molar-refractivity contribution in [2.75, 3.05) is 0 Å². The zero-order valence-corrected chi connectivity index (χ0v) is 14.8. The molecule has 0 aliphatic carbocycles. The molecular formula is C21H16FN5O. The highest BCUT2D eigenvalue weighted by Gasteiger charge is 2.14. The van der Waals surface area contributed by atoms with Gasteiger partial charge in [0.2, 0.25) is 0 Å². The van der Waals surface area contributed by atoms with Gasteiger partial charge in [-0.15, -0.1) is 0 Å². The van der Waals surface area contributed by atoms with Crippen LogP contribution in [0.4, 0.5) is 4.39 Å². The van der Waals surface area contributed by atoms with E-state index in [0.717, 1.165) is 16.8 Å². The van der Waals surface area contributed by atoms with Gasteiger partial charge in [0.15, 0.2) is 0 Å². The van der Waals surface area contributed by atoms with Gasteiger partial charge in [0.05, 0.1) is 17.6 Å². The summed E-state index contributed by atoms with van der Waals surface area (Å²) in [6, 6.07) is 15.7. The normalized spacial score (nSPS) is 10.6. The number of para-hydroxylation sites is 1. The van der Waals surface area contributed by atoms with Crippen LogP contribution in [0.15, 0.2) is 79.4 Å². The number of rotatable bonds is 5. The average molecular weight is 373 g/mol. The summed E-state index contributed by atoms with van der Waals surface area (Å²) >= 11 is 0. The molecule has 28 heavy (non-hydrogen) atoms. The van der Waals surface area contributed by atoms with E-state index in [1.807, 2.05) is 36.5 Å². The van der Waals surface area contributed by atoms with E-state index in [9.17, 15) is 9.18 Å². The second kappa shape index (κ2) is 7.79. The zero-order valence-electron chi connectivity index (χ0n) is 14.8. The first-order valence-corrected chi connectivity index (χ1v) is 8.65. The molecule has 1 N–H and O–H groups in total. The number of nitrogens with one attached hydrogen (secondary N) is 1. The van der Waals surface area contributed by atoms with E-state index in [-0.39, 0.29) is 24.0 Å². The van der Waals surface area contributed by atoms with Crippen LogP contribution in [0.1, 0.15) is 16.1 Å². The molecule has 2 aromatic carbocycles. The van der Waals surface area contributed by atoms with Crippen LogP contribution in [0.2, 0.25) is 0 Å². The molecule has 4 aromatic rings. The number of amides is 1. The Balaban J connectivity index is 1.65. The molecule has 2 aromatic heterocycles. The summed E-state index contributed by atoms with van der Waals surface area (Å²) in [5.74, 6) is -0.644. The van der Waals surface area contributed by atoms with E-state index in [4.69, 9.17) is 0 Å². The van der Waals surface area contributed by atoms with Crippen LogP contribution < -0.4 is 5.32 Å². The lowest BCUT2D eigenvalue weighted by Crippen LogP contribution is -2.24. The fourth-order valence-corrected chi connectivity index (χ4v) is 2.79. The maximum atomic E-state index is 13.3. The minimum atomic E-state index is -0.328. The van der Waals surface area contributed by atoms with E-state index >= 15 is 0 Å². The first-order valence-electron chi connectivity index (χ1n) is 8.65. The van der Waals surface area contributed by atoms with Gasteiger partial charge in [-0.05, 0) is 36.4 Å². The Kier molecular flexibility index (Phi) is 4.88. The molecule has 0 atom stereocenters. The molecule has 0 radical (unpaired) electrons. The summed E-state index contributed by atoms with van der Waals surface area (Å²) in [4.78, 5) is 20.2. The second-order valence-electron chi connectivity index (χ2n) is 6.06. The molecule has 138 valence electrons. The highest BCUT2D eigenvalue weighted by molar-refractivity contribution is 5.91. The Morgan fingerprint density at radius 2 is 1.82 bits per heavy atom. The number of hydrogen-bond acceptors (Lipinski definition) is 4. The fourth-order valence-electron chi connectivity index (χ4n) is 2.79. The van der Waals surface area contributed by atoms with Gasteiger partial charge in [-0.3, -0.25) is 9.78 Å². The van der Waals surface area contributed by atoms with Crippen molar-refractivity contribution in [2.45, 2.75) is 6.54 Å². The van der Waals surface area contributed by atoms with Crippen LogP contribution in [0.3, 0.4) is 0 Å². The Bertz CT molecular complexity index is 1080. The minimum absolute atomic E-state index is 0.237. The second-order valence-corrected chi connectivity index (χ2v) is 6.06. The van der Waals surface area contributed by atoms with Gasteiger partial charge >= 0.3 is 0 Å². The molecule has 2 heterocycles. The van der Waals surface area contributed by atoms with Crippen LogP contribution in [-0.2, 0) is 6.54 Å². The summed E-state index contributed by atoms with van der Waals surface area (Å²) in [6.07, 6.45) is 6.23. The van der Waals surface area contributed by atoms with E-state index < -0.39 is 0 Å². The third-order valence-electron chi connectivity index (χ3n) is 4.16. The maximum Gasteiger partial charge on any atom is 0.271 e. The first kappa shape index (κ1) is 17.5. The van der Waals surface area contributed by atoms with E-state index in [0.29, 0.717) is 5.69 Å². The molecular weight excluding hydrogens is 357 g/mol. The van der Waals surface area contributed by atoms with Crippen molar-refractivity contribution in [1.82, 2.24) is 25.1 Å². The molecule has 0 spiro atoms. The highest BCUT2D eigenvalue weighted by atomic mass is 19.1. The number of carbonyl (C=O) groups is 1. The van der Waals surface area contributed by atoms with Crippen molar-refractivity contribution in [3.05, 3.63) is 96.5 Å². The van der Waals surface area contributed by atoms with Crippen molar-refractivity contribution in [1.29, 1.82) is 0 Å². The largest absolute Gasteiger partial charge is 0.346 e.